The molecule has 0 saturated heterocycles. The summed E-state index contributed by atoms with van der Waals surface area (Å²) in [7, 11) is 0. The van der Waals surface area contributed by atoms with Gasteiger partial charge in [0.05, 0.1) is 5.56 Å². The maximum atomic E-state index is 11.3. The smallest absolute Gasteiger partial charge is 0.329 e. The molecular weight excluding hydrogens is 232 g/mol. The van der Waals surface area contributed by atoms with Crippen LogP contribution in [0.2, 0.25) is 0 Å². The fourth-order valence-electron chi connectivity index (χ4n) is 2.16. The van der Waals surface area contributed by atoms with Crippen molar-refractivity contribution in [2.75, 3.05) is 5.32 Å². The maximum absolute atomic E-state index is 11.3. The Kier molecular flexibility index (Phi) is 2.98. The van der Waals surface area contributed by atoms with Crippen LogP contribution in [0.25, 0.3) is 0 Å². The lowest BCUT2D eigenvalue weighted by Gasteiger charge is -2.39. The van der Waals surface area contributed by atoms with E-state index >= 15 is 0 Å². The number of rotatable bonds is 4. The van der Waals surface area contributed by atoms with Crippen molar-refractivity contribution in [2.24, 2.45) is 5.73 Å². The molecule has 1 aromatic carbocycles. The summed E-state index contributed by atoms with van der Waals surface area (Å²) >= 11 is 0. The number of anilines is 1. The van der Waals surface area contributed by atoms with E-state index in [1.165, 1.54) is 0 Å². The van der Waals surface area contributed by atoms with Crippen molar-refractivity contribution in [3.05, 3.63) is 29.3 Å². The van der Waals surface area contributed by atoms with Crippen LogP contribution in [0.1, 0.15) is 35.2 Å². The molecule has 0 spiro atoms. The van der Waals surface area contributed by atoms with Crippen LogP contribution >= 0.6 is 0 Å². The number of carboxylic acid groups (broad SMARTS) is 1. The van der Waals surface area contributed by atoms with Crippen molar-refractivity contribution >= 4 is 17.6 Å². The standard InChI is InChI=1S/C13H16N2O3/c1-8-3-4-9(11(14)16)10(7-8)15-13(12(17)18)5-2-6-13/h3-4,7,15H,2,5-6H2,1H3,(H2,14,16)(H,17,18). The summed E-state index contributed by atoms with van der Waals surface area (Å²) in [6.07, 6.45) is 2.00. The van der Waals surface area contributed by atoms with Crippen molar-refractivity contribution in [2.45, 2.75) is 31.7 Å². The lowest BCUT2D eigenvalue weighted by atomic mass is 9.76. The minimum Gasteiger partial charge on any atom is -0.480 e. The zero-order valence-corrected chi connectivity index (χ0v) is 10.2. The molecule has 0 radical (unpaired) electrons. The normalized spacial score (nSPS) is 16.7. The van der Waals surface area contributed by atoms with Gasteiger partial charge in [-0.15, -0.1) is 0 Å². The number of nitrogens with two attached hydrogens (primary N) is 1. The Morgan fingerprint density at radius 1 is 1.39 bits per heavy atom. The van der Waals surface area contributed by atoms with Crippen LogP contribution in [0.3, 0.4) is 0 Å². The van der Waals surface area contributed by atoms with E-state index in [1.807, 2.05) is 6.92 Å². The van der Waals surface area contributed by atoms with Gasteiger partial charge >= 0.3 is 5.97 Å². The molecule has 2 rings (SSSR count). The van der Waals surface area contributed by atoms with Gasteiger partial charge in [0.25, 0.3) is 5.91 Å². The van der Waals surface area contributed by atoms with Crippen molar-refractivity contribution < 1.29 is 14.7 Å². The number of hydrogen-bond acceptors (Lipinski definition) is 3. The molecule has 1 aromatic rings. The molecule has 5 heteroatoms. The summed E-state index contributed by atoms with van der Waals surface area (Å²) in [6.45, 7) is 1.88. The van der Waals surface area contributed by atoms with Crippen LogP contribution < -0.4 is 11.1 Å². The fraction of sp³-hybridized carbons (Fsp3) is 0.385. The summed E-state index contributed by atoms with van der Waals surface area (Å²) in [4.78, 5) is 22.6. The van der Waals surface area contributed by atoms with E-state index in [4.69, 9.17) is 5.73 Å². The first kappa shape index (κ1) is 12.4. The van der Waals surface area contributed by atoms with E-state index in [1.54, 1.807) is 18.2 Å². The minimum absolute atomic E-state index is 0.327. The zero-order valence-electron chi connectivity index (χ0n) is 10.2. The van der Waals surface area contributed by atoms with Gasteiger partial charge in [0.2, 0.25) is 0 Å². The molecule has 0 aliphatic heterocycles. The third-order valence-corrected chi connectivity index (χ3v) is 3.43. The van der Waals surface area contributed by atoms with Crippen LogP contribution in [0.4, 0.5) is 5.69 Å². The van der Waals surface area contributed by atoms with Crippen molar-refractivity contribution in [1.82, 2.24) is 0 Å². The molecule has 5 nitrogen and oxygen atoms in total. The Balaban J connectivity index is 2.36. The first-order chi connectivity index (χ1) is 8.44. The van der Waals surface area contributed by atoms with Gasteiger partial charge in [0.15, 0.2) is 0 Å². The monoisotopic (exact) mass is 248 g/mol. The van der Waals surface area contributed by atoms with Crippen molar-refractivity contribution in [3.63, 3.8) is 0 Å². The van der Waals surface area contributed by atoms with E-state index < -0.39 is 17.4 Å². The molecule has 0 unspecified atom stereocenters. The van der Waals surface area contributed by atoms with Crippen LogP contribution in [-0.4, -0.2) is 22.5 Å². The van der Waals surface area contributed by atoms with Gasteiger partial charge in [0, 0.05) is 5.69 Å². The van der Waals surface area contributed by atoms with Gasteiger partial charge in [-0.3, -0.25) is 4.79 Å². The number of benzene rings is 1. The first-order valence-corrected chi connectivity index (χ1v) is 5.87. The van der Waals surface area contributed by atoms with Crippen LogP contribution in [0.5, 0.6) is 0 Å². The molecule has 1 fully saturated rings. The molecule has 1 saturated carbocycles. The van der Waals surface area contributed by atoms with Gasteiger partial charge in [-0.1, -0.05) is 6.07 Å². The fourth-order valence-corrected chi connectivity index (χ4v) is 2.16. The van der Waals surface area contributed by atoms with E-state index in [2.05, 4.69) is 5.32 Å². The van der Waals surface area contributed by atoms with Gasteiger partial charge in [-0.2, -0.15) is 0 Å². The number of carbonyl (C=O) groups excluding carboxylic acids is 1. The molecule has 1 amide bonds. The van der Waals surface area contributed by atoms with E-state index in [0.29, 0.717) is 24.1 Å². The second kappa shape index (κ2) is 4.33. The third-order valence-electron chi connectivity index (χ3n) is 3.43. The SMILES string of the molecule is Cc1ccc(C(N)=O)c(NC2(C(=O)O)CCC2)c1. The minimum atomic E-state index is -0.946. The molecule has 0 heterocycles. The lowest BCUT2D eigenvalue weighted by Crippen LogP contribution is -2.52. The average Bonchev–Trinajstić information content (AvgIpc) is 2.22. The molecule has 0 aromatic heterocycles. The van der Waals surface area contributed by atoms with E-state index in [-0.39, 0.29) is 0 Å². The molecular formula is C13H16N2O3. The Morgan fingerprint density at radius 3 is 2.50 bits per heavy atom. The molecule has 1 aliphatic carbocycles. The highest BCUT2D eigenvalue weighted by Crippen LogP contribution is 2.36. The molecule has 0 bridgehead atoms. The predicted molar refractivity (Wildman–Crippen MR) is 67.5 cm³/mol. The topological polar surface area (TPSA) is 92.4 Å². The van der Waals surface area contributed by atoms with Crippen LogP contribution in [0.15, 0.2) is 18.2 Å². The van der Waals surface area contributed by atoms with E-state index in [9.17, 15) is 14.7 Å². The predicted octanol–water partition coefficient (Wildman–Crippen LogP) is 1.51. The molecule has 0 atom stereocenters. The second-order valence-electron chi connectivity index (χ2n) is 4.78. The number of carboxylic acids is 1. The molecule has 1 aliphatic rings. The summed E-state index contributed by atoms with van der Waals surface area (Å²) in [5, 5.41) is 12.2. The van der Waals surface area contributed by atoms with Gasteiger partial charge < -0.3 is 16.2 Å². The largest absolute Gasteiger partial charge is 0.480 e. The molecule has 96 valence electrons. The number of hydrogen-bond donors (Lipinski definition) is 3. The summed E-state index contributed by atoms with van der Waals surface area (Å²) in [5.41, 5.74) is 6.12. The summed E-state index contributed by atoms with van der Waals surface area (Å²) in [6, 6.07) is 5.15. The number of nitrogens with one attached hydrogen (secondary N) is 1. The average molecular weight is 248 g/mol. The summed E-state index contributed by atoms with van der Waals surface area (Å²) in [5.74, 6) is -1.44. The van der Waals surface area contributed by atoms with Crippen LogP contribution in [0, 0.1) is 6.92 Å². The molecule has 4 N–H and O–H groups in total. The Labute approximate surface area is 105 Å². The highest BCUT2D eigenvalue weighted by Gasteiger charge is 2.44. The first-order valence-electron chi connectivity index (χ1n) is 5.87. The van der Waals surface area contributed by atoms with Gasteiger partial charge in [-0.05, 0) is 43.9 Å². The number of amides is 1. The number of aryl methyl sites for hydroxylation is 1. The van der Waals surface area contributed by atoms with E-state index in [0.717, 1.165) is 12.0 Å². The van der Waals surface area contributed by atoms with Crippen molar-refractivity contribution in [3.8, 4) is 0 Å². The number of aliphatic carboxylic acids is 1. The van der Waals surface area contributed by atoms with Gasteiger partial charge in [0.1, 0.15) is 5.54 Å². The Bertz CT molecular complexity index is 507. The van der Waals surface area contributed by atoms with Gasteiger partial charge in [-0.25, -0.2) is 4.79 Å². The molecule has 18 heavy (non-hydrogen) atoms. The van der Waals surface area contributed by atoms with Crippen molar-refractivity contribution in [1.29, 1.82) is 0 Å². The third kappa shape index (κ3) is 2.03. The quantitative estimate of drug-likeness (QED) is 0.753. The Morgan fingerprint density at radius 2 is 2.06 bits per heavy atom. The highest BCUT2D eigenvalue weighted by molar-refractivity contribution is 5.99. The number of carbonyl (C=O) groups is 2. The maximum Gasteiger partial charge on any atom is 0.329 e. The Hall–Kier alpha value is -2.04. The second-order valence-corrected chi connectivity index (χ2v) is 4.78. The number of primary amides is 1. The lowest BCUT2D eigenvalue weighted by molar-refractivity contribution is -0.145. The highest BCUT2D eigenvalue weighted by atomic mass is 16.4. The zero-order chi connectivity index (χ0) is 13.3. The summed E-state index contributed by atoms with van der Waals surface area (Å²) < 4.78 is 0. The van der Waals surface area contributed by atoms with Crippen LogP contribution in [-0.2, 0) is 4.79 Å².